The summed E-state index contributed by atoms with van der Waals surface area (Å²) in [5.74, 6) is -0.797. The maximum atomic E-state index is 10.8. The molecule has 0 saturated carbocycles. The molecule has 0 unspecified atom stereocenters. The first-order chi connectivity index (χ1) is 7.55. The Kier molecular flexibility index (Phi) is 4.17. The lowest BCUT2D eigenvalue weighted by molar-refractivity contribution is -0.142. The first kappa shape index (κ1) is 10.8. The van der Waals surface area contributed by atoms with Crippen LogP contribution in [0.15, 0.2) is 30.3 Å². The molecule has 1 rings (SSSR count). The summed E-state index contributed by atoms with van der Waals surface area (Å²) in [4.78, 5) is 10.8. The Morgan fingerprint density at radius 1 is 1.29 bits per heavy atom. The fraction of sp³-hybridized carbons (Fsp3) is 0.417. The zero-order valence-electron chi connectivity index (χ0n) is 11.2. The molecular weight excluding hydrogens is 176 g/mol. The van der Waals surface area contributed by atoms with Crippen molar-refractivity contribution >= 4 is 5.97 Å². The average Bonchev–Trinajstić information content (AvgIpc) is 2.35. The lowest BCUT2D eigenvalue weighted by Crippen LogP contribution is -2.28. The maximum Gasteiger partial charge on any atom is 0.313 e. The van der Waals surface area contributed by atoms with E-state index < -0.39 is 11.4 Å². The van der Waals surface area contributed by atoms with E-state index in [2.05, 4.69) is 0 Å². The van der Waals surface area contributed by atoms with Crippen LogP contribution in [0.5, 0.6) is 0 Å². The van der Waals surface area contributed by atoms with Gasteiger partial charge >= 0.3 is 5.97 Å². The molecule has 0 aromatic heterocycles. The van der Waals surface area contributed by atoms with Crippen LogP contribution in [0, 0.1) is 0 Å². The molecule has 0 saturated heterocycles. The smallest absolute Gasteiger partial charge is 0.313 e. The highest BCUT2D eigenvalue weighted by atomic mass is 16.4. The third-order valence-corrected chi connectivity index (χ3v) is 2.03. The van der Waals surface area contributed by atoms with Gasteiger partial charge in [0.15, 0.2) is 0 Å². The number of carbonyl (C=O) groups is 1. The Hall–Kier alpha value is -1.31. The van der Waals surface area contributed by atoms with Gasteiger partial charge in [0.25, 0.3) is 0 Å². The van der Waals surface area contributed by atoms with E-state index in [1.54, 1.807) is 13.8 Å². The van der Waals surface area contributed by atoms with Gasteiger partial charge in [0, 0.05) is 4.40 Å². The Morgan fingerprint density at radius 2 is 1.71 bits per heavy atom. The molecule has 0 spiro atoms. The number of hydrogen-bond donors (Lipinski definition) is 1. The van der Waals surface area contributed by atoms with E-state index in [9.17, 15) is 4.79 Å². The molecule has 0 bridgehead atoms. The zero-order chi connectivity index (χ0) is 13.2. The minimum atomic E-state index is -0.797. The highest BCUT2D eigenvalue weighted by Gasteiger charge is 2.28. The molecule has 0 aliphatic rings. The van der Waals surface area contributed by atoms with Crippen molar-refractivity contribution in [1.82, 2.24) is 0 Å². The number of hydrogen-bond acceptors (Lipinski definition) is 1. The summed E-state index contributed by atoms with van der Waals surface area (Å²) < 4.78 is 10.0. The number of carboxylic acid groups (broad SMARTS) is 1. The van der Waals surface area contributed by atoms with Crippen molar-refractivity contribution in [3.8, 4) is 0 Å². The molecule has 0 heterocycles. The minimum absolute atomic E-state index is 0. The second-order valence-electron chi connectivity index (χ2n) is 3.30. The Labute approximate surface area is 90.2 Å². The van der Waals surface area contributed by atoms with Gasteiger partial charge in [0.2, 0.25) is 0 Å². The van der Waals surface area contributed by atoms with Gasteiger partial charge in [-0.2, -0.15) is 0 Å². The third-order valence-electron chi connectivity index (χ3n) is 2.03. The summed E-state index contributed by atoms with van der Waals surface area (Å²) in [7, 11) is 0. The van der Waals surface area contributed by atoms with Crippen molar-refractivity contribution in [3.05, 3.63) is 35.9 Å². The number of benzene rings is 1. The van der Waals surface area contributed by atoms with Gasteiger partial charge in [0.05, 0.1) is 5.41 Å². The van der Waals surface area contributed by atoms with E-state index in [1.165, 1.54) is 0 Å². The number of carboxylic acids is 1. The molecule has 1 aromatic carbocycles. The van der Waals surface area contributed by atoms with E-state index >= 15 is 0 Å². The normalized spacial score (nSPS) is 10.6. The SMILES string of the molecule is CC.CC(C)(C(=O)O)c1ccccc1.[2HH].[2H][2H]. The average molecular weight is 201 g/mol. The van der Waals surface area contributed by atoms with Gasteiger partial charge < -0.3 is 5.11 Å². The molecule has 1 N–H and O–H groups in total. The van der Waals surface area contributed by atoms with Crippen molar-refractivity contribution < 1.29 is 14.3 Å². The van der Waals surface area contributed by atoms with Crippen molar-refractivity contribution in [3.63, 3.8) is 0 Å². The Morgan fingerprint density at radius 3 is 2.07 bits per heavy atom. The van der Waals surface area contributed by atoms with Crippen LogP contribution in [-0.4, -0.2) is 11.1 Å². The maximum absolute atomic E-state index is 10.8. The second kappa shape index (κ2) is 5.43. The monoisotopic (exact) mass is 201 g/mol. The lowest BCUT2D eigenvalue weighted by atomic mass is 9.85. The van der Waals surface area contributed by atoms with E-state index in [0.717, 1.165) is 5.56 Å². The van der Waals surface area contributed by atoms with Crippen molar-refractivity contribution in [2.24, 2.45) is 0 Å². The summed E-state index contributed by atoms with van der Waals surface area (Å²) >= 11 is 0. The molecule has 0 amide bonds. The van der Waals surface area contributed by atoms with Crippen LogP contribution in [0.1, 0.15) is 37.7 Å². The van der Waals surface area contributed by atoms with Crippen LogP contribution in [0.4, 0.5) is 0 Å². The molecule has 14 heavy (non-hydrogen) atoms. The first-order valence-corrected chi connectivity index (χ1v) is 4.84. The topological polar surface area (TPSA) is 37.3 Å². The van der Waals surface area contributed by atoms with Gasteiger partial charge in [0.1, 0.15) is 0 Å². The van der Waals surface area contributed by atoms with E-state index in [-0.39, 0.29) is 1.43 Å². The number of aliphatic carboxylic acids is 1. The molecule has 0 aliphatic heterocycles. The van der Waals surface area contributed by atoms with E-state index in [4.69, 9.17) is 8.08 Å². The quantitative estimate of drug-likeness (QED) is 0.794. The fourth-order valence-electron chi connectivity index (χ4n) is 0.978. The second-order valence-corrected chi connectivity index (χ2v) is 3.30. The van der Waals surface area contributed by atoms with Gasteiger partial charge in [-0.05, 0) is 19.4 Å². The highest BCUT2D eigenvalue weighted by molar-refractivity contribution is 5.80. The van der Waals surface area contributed by atoms with E-state index in [1.807, 2.05) is 44.2 Å². The van der Waals surface area contributed by atoms with Crippen LogP contribution < -0.4 is 0 Å². The van der Waals surface area contributed by atoms with Crippen LogP contribution in [-0.2, 0) is 10.2 Å². The molecule has 1 aromatic rings. The van der Waals surface area contributed by atoms with Crippen molar-refractivity contribution in [2.75, 3.05) is 0 Å². The van der Waals surface area contributed by atoms with Gasteiger partial charge in [-0.1, -0.05) is 44.2 Å². The van der Waals surface area contributed by atoms with Gasteiger partial charge in [-0.25, -0.2) is 0 Å². The highest BCUT2D eigenvalue weighted by Crippen LogP contribution is 2.22. The van der Waals surface area contributed by atoms with Gasteiger partial charge in [-0.15, -0.1) is 0 Å². The standard InChI is InChI=1S/C10H12O2.C2H6.2H2/c1-10(2,9(11)12)8-6-4-3-5-7-8;1-2;;/h3-7H,1-2H3,(H,11,12);1-2H3;2*1H/i;;1+1D;1+1. The minimum Gasteiger partial charge on any atom is -0.481 e. The fourth-order valence-corrected chi connectivity index (χ4v) is 0.978. The number of rotatable bonds is 2. The predicted octanol–water partition coefficient (Wildman–Crippen LogP) is 3.57. The lowest BCUT2D eigenvalue weighted by Gasteiger charge is -2.18. The Bertz CT molecular complexity index is 287. The molecule has 0 radical (unpaired) electrons. The molecule has 0 aliphatic carbocycles. The van der Waals surface area contributed by atoms with Crippen LogP contribution >= 0.6 is 0 Å². The van der Waals surface area contributed by atoms with Crippen molar-refractivity contribution in [1.29, 1.82) is 0 Å². The largest absolute Gasteiger partial charge is 0.481 e. The van der Waals surface area contributed by atoms with Crippen LogP contribution in [0.2, 0.25) is 0 Å². The van der Waals surface area contributed by atoms with Crippen LogP contribution in [0.25, 0.3) is 0 Å². The summed E-state index contributed by atoms with van der Waals surface area (Å²) in [5, 5.41) is 8.89. The molecule has 0 fully saturated rings. The van der Waals surface area contributed by atoms with E-state index in [0.29, 0.717) is 0 Å². The Balaban J connectivity index is -0.000000355. The predicted molar refractivity (Wildman–Crippen MR) is 62.7 cm³/mol. The summed E-state index contributed by atoms with van der Waals surface area (Å²) in [5.41, 5.74) is 0.0406. The molecular formula is C12H22O2. The summed E-state index contributed by atoms with van der Waals surface area (Å²) in [6.07, 6.45) is 0. The van der Waals surface area contributed by atoms with Crippen LogP contribution in [0.3, 0.4) is 0 Å². The molecule has 2 heteroatoms. The zero-order valence-corrected chi connectivity index (χ0v) is 9.24. The molecule has 82 valence electrons. The molecule has 0 atom stereocenters. The van der Waals surface area contributed by atoms with Crippen molar-refractivity contribution in [2.45, 2.75) is 33.1 Å². The first-order valence-electron chi connectivity index (χ1n) is 5.84. The summed E-state index contributed by atoms with van der Waals surface area (Å²) in [6, 6.07) is 9.23. The van der Waals surface area contributed by atoms with Gasteiger partial charge in [-0.3, -0.25) is 4.79 Å². The third kappa shape index (κ3) is 2.87. The summed E-state index contributed by atoms with van der Waals surface area (Å²) in [6.45, 7) is 7.40. The molecule has 2 nitrogen and oxygen atoms in total.